The van der Waals surface area contributed by atoms with Gasteiger partial charge in [0.1, 0.15) is 11.6 Å². The summed E-state index contributed by atoms with van der Waals surface area (Å²) in [4.78, 5) is 16.3. The van der Waals surface area contributed by atoms with Crippen LogP contribution in [0.15, 0.2) is 41.0 Å². The third-order valence-corrected chi connectivity index (χ3v) is 3.47. The van der Waals surface area contributed by atoms with Crippen molar-refractivity contribution in [1.29, 1.82) is 0 Å². The van der Waals surface area contributed by atoms with E-state index in [0.717, 1.165) is 23.3 Å². The number of nitrogens with zero attached hydrogens (tertiary/aromatic N) is 2. The van der Waals surface area contributed by atoms with Gasteiger partial charge in [0.05, 0.1) is 29.4 Å². The van der Waals surface area contributed by atoms with Crippen LogP contribution in [0, 0.1) is 0 Å². The number of fused-ring (bicyclic) bond motifs is 1. The zero-order valence-electron chi connectivity index (χ0n) is 11.7. The Morgan fingerprint density at radius 3 is 2.95 bits per heavy atom. The van der Waals surface area contributed by atoms with Crippen molar-refractivity contribution in [3.63, 3.8) is 0 Å². The molecule has 0 bridgehead atoms. The Balaban J connectivity index is 2.06. The average molecular weight is 284 g/mol. The highest BCUT2D eigenvalue weighted by atomic mass is 16.3. The second kappa shape index (κ2) is 5.41. The minimum atomic E-state index is -0.360. The molecule has 0 aliphatic carbocycles. The molecule has 6 nitrogen and oxygen atoms in total. The van der Waals surface area contributed by atoms with Gasteiger partial charge >= 0.3 is 0 Å². The maximum atomic E-state index is 11.7. The van der Waals surface area contributed by atoms with Crippen molar-refractivity contribution in [1.82, 2.24) is 15.0 Å². The Bertz CT molecular complexity index is 788. The van der Waals surface area contributed by atoms with Gasteiger partial charge < -0.3 is 8.98 Å². The van der Waals surface area contributed by atoms with E-state index in [0.29, 0.717) is 17.9 Å². The van der Waals surface area contributed by atoms with E-state index in [-0.39, 0.29) is 5.91 Å². The Morgan fingerprint density at radius 2 is 2.19 bits per heavy atom. The normalized spacial score (nSPS) is 11.0. The van der Waals surface area contributed by atoms with Crippen molar-refractivity contribution < 1.29 is 9.21 Å². The van der Waals surface area contributed by atoms with Crippen molar-refractivity contribution >= 4 is 16.9 Å². The molecule has 0 aliphatic rings. The third-order valence-electron chi connectivity index (χ3n) is 3.47. The highest BCUT2D eigenvalue weighted by Crippen LogP contribution is 2.20. The van der Waals surface area contributed by atoms with E-state index in [4.69, 9.17) is 10.3 Å². The fourth-order valence-corrected chi connectivity index (χ4v) is 2.46. The summed E-state index contributed by atoms with van der Waals surface area (Å²) in [6.45, 7) is 2.49. The molecule has 108 valence electrons. The fraction of sp³-hybridized carbons (Fsp3) is 0.200. The highest BCUT2D eigenvalue weighted by molar-refractivity contribution is 5.94. The van der Waals surface area contributed by atoms with Crippen LogP contribution in [0.1, 0.15) is 28.9 Å². The lowest BCUT2D eigenvalue weighted by Gasteiger charge is -2.07. The fourth-order valence-electron chi connectivity index (χ4n) is 2.46. The molecule has 0 saturated heterocycles. The Kier molecular flexibility index (Phi) is 3.45. The van der Waals surface area contributed by atoms with Crippen LogP contribution in [-0.4, -0.2) is 15.5 Å². The first-order valence-electron chi connectivity index (χ1n) is 6.76. The molecule has 0 aliphatic heterocycles. The average Bonchev–Trinajstić information content (AvgIpc) is 3.12. The number of para-hydroxylation sites is 2. The standard InChI is InChI=1S/C15H16N4O2/c1-2-14-17-11-5-3-4-6-12(11)19(14)9-13-10(7-8-21-13)15(20)18-16/h3-8H,2,9,16H2,1H3,(H,18,20). The molecule has 0 radical (unpaired) electrons. The first-order valence-corrected chi connectivity index (χ1v) is 6.76. The first-order chi connectivity index (χ1) is 10.2. The number of rotatable bonds is 4. The van der Waals surface area contributed by atoms with Crippen LogP contribution in [0.4, 0.5) is 0 Å². The van der Waals surface area contributed by atoms with Crippen molar-refractivity contribution in [2.45, 2.75) is 19.9 Å². The number of aryl methyl sites for hydroxylation is 1. The number of nitrogens with two attached hydrogens (primary N) is 1. The van der Waals surface area contributed by atoms with Crippen LogP contribution in [0.3, 0.4) is 0 Å². The van der Waals surface area contributed by atoms with Gasteiger partial charge in [-0.2, -0.15) is 0 Å². The van der Waals surface area contributed by atoms with E-state index < -0.39 is 0 Å². The summed E-state index contributed by atoms with van der Waals surface area (Å²) in [5, 5.41) is 0. The number of nitrogen functional groups attached to an aromatic ring is 1. The summed E-state index contributed by atoms with van der Waals surface area (Å²) in [6, 6.07) is 9.52. The van der Waals surface area contributed by atoms with E-state index in [1.807, 2.05) is 31.2 Å². The van der Waals surface area contributed by atoms with Crippen molar-refractivity contribution in [3.8, 4) is 0 Å². The lowest BCUT2D eigenvalue weighted by Crippen LogP contribution is -2.30. The van der Waals surface area contributed by atoms with E-state index >= 15 is 0 Å². The van der Waals surface area contributed by atoms with Crippen LogP contribution < -0.4 is 11.3 Å². The molecule has 2 heterocycles. The number of carbonyl (C=O) groups excluding carboxylic acids is 1. The second-order valence-corrected chi connectivity index (χ2v) is 4.69. The highest BCUT2D eigenvalue weighted by Gasteiger charge is 2.17. The molecule has 1 amide bonds. The molecule has 6 heteroatoms. The van der Waals surface area contributed by atoms with E-state index in [1.54, 1.807) is 6.07 Å². The minimum absolute atomic E-state index is 0.360. The molecule has 3 rings (SSSR count). The Hall–Kier alpha value is -2.60. The van der Waals surface area contributed by atoms with E-state index in [9.17, 15) is 4.79 Å². The van der Waals surface area contributed by atoms with Gasteiger partial charge in [-0.05, 0) is 18.2 Å². The molecular formula is C15H16N4O2. The molecule has 0 unspecified atom stereocenters. The van der Waals surface area contributed by atoms with Crippen molar-refractivity contribution in [3.05, 3.63) is 53.7 Å². The molecule has 3 aromatic rings. The maximum absolute atomic E-state index is 11.7. The SMILES string of the molecule is CCc1nc2ccccc2n1Cc1occc1C(=O)NN. The van der Waals surface area contributed by atoms with Gasteiger partial charge in [0.25, 0.3) is 5.91 Å². The van der Waals surface area contributed by atoms with Gasteiger partial charge in [0.2, 0.25) is 0 Å². The van der Waals surface area contributed by atoms with Gasteiger partial charge in [-0.25, -0.2) is 10.8 Å². The number of hydrogen-bond donors (Lipinski definition) is 2. The minimum Gasteiger partial charge on any atom is -0.467 e. The molecule has 2 aromatic heterocycles. The van der Waals surface area contributed by atoms with Gasteiger partial charge in [-0.15, -0.1) is 0 Å². The lowest BCUT2D eigenvalue weighted by molar-refractivity contribution is 0.0951. The number of imidazole rings is 1. The molecule has 3 N–H and O–H groups in total. The second-order valence-electron chi connectivity index (χ2n) is 4.69. The predicted molar refractivity (Wildman–Crippen MR) is 78.6 cm³/mol. The molecular weight excluding hydrogens is 268 g/mol. The summed E-state index contributed by atoms with van der Waals surface area (Å²) >= 11 is 0. The predicted octanol–water partition coefficient (Wildman–Crippen LogP) is 1.84. The number of carbonyl (C=O) groups is 1. The Morgan fingerprint density at radius 1 is 1.38 bits per heavy atom. The van der Waals surface area contributed by atoms with Crippen molar-refractivity contribution in [2.24, 2.45) is 5.84 Å². The topological polar surface area (TPSA) is 86.1 Å². The quantitative estimate of drug-likeness (QED) is 0.435. The number of amides is 1. The van der Waals surface area contributed by atoms with Gasteiger partial charge in [0.15, 0.2) is 0 Å². The summed E-state index contributed by atoms with van der Waals surface area (Å²) in [7, 11) is 0. The zero-order chi connectivity index (χ0) is 14.8. The first kappa shape index (κ1) is 13.4. The summed E-state index contributed by atoms with van der Waals surface area (Å²) < 4.78 is 7.50. The summed E-state index contributed by atoms with van der Waals surface area (Å²) in [5.41, 5.74) is 4.53. The van der Waals surface area contributed by atoms with Gasteiger partial charge in [0, 0.05) is 6.42 Å². The summed E-state index contributed by atoms with van der Waals surface area (Å²) in [5.74, 6) is 6.35. The molecule has 21 heavy (non-hydrogen) atoms. The molecule has 1 aromatic carbocycles. The largest absolute Gasteiger partial charge is 0.467 e. The number of benzene rings is 1. The molecule has 0 saturated carbocycles. The maximum Gasteiger partial charge on any atom is 0.268 e. The zero-order valence-corrected chi connectivity index (χ0v) is 11.7. The van der Waals surface area contributed by atoms with Gasteiger partial charge in [-0.1, -0.05) is 19.1 Å². The third kappa shape index (κ3) is 2.30. The van der Waals surface area contributed by atoms with E-state index in [1.165, 1.54) is 6.26 Å². The number of hydrogen-bond acceptors (Lipinski definition) is 4. The van der Waals surface area contributed by atoms with Crippen LogP contribution in [0.5, 0.6) is 0 Å². The van der Waals surface area contributed by atoms with Crippen LogP contribution in [0.2, 0.25) is 0 Å². The Labute approximate surface area is 121 Å². The van der Waals surface area contributed by atoms with Crippen LogP contribution in [0.25, 0.3) is 11.0 Å². The number of nitrogens with one attached hydrogen (secondary N) is 1. The number of furan rings is 1. The molecule has 0 fully saturated rings. The summed E-state index contributed by atoms with van der Waals surface area (Å²) in [6.07, 6.45) is 2.29. The lowest BCUT2D eigenvalue weighted by atomic mass is 10.2. The van der Waals surface area contributed by atoms with Crippen molar-refractivity contribution in [2.75, 3.05) is 0 Å². The monoisotopic (exact) mass is 284 g/mol. The number of hydrazine groups is 1. The molecule has 0 spiro atoms. The van der Waals surface area contributed by atoms with E-state index in [2.05, 4.69) is 15.0 Å². The number of aromatic nitrogens is 2. The smallest absolute Gasteiger partial charge is 0.268 e. The molecule has 0 atom stereocenters. The van der Waals surface area contributed by atoms with Crippen LogP contribution >= 0.6 is 0 Å². The van der Waals surface area contributed by atoms with Crippen LogP contribution in [-0.2, 0) is 13.0 Å². The van der Waals surface area contributed by atoms with Gasteiger partial charge in [-0.3, -0.25) is 10.2 Å².